The minimum Gasteiger partial charge on any atom is -0.506 e. The van der Waals surface area contributed by atoms with Crippen LogP contribution in [0.15, 0.2) is 65.5 Å². The molecule has 4 aromatic rings. The Labute approximate surface area is 171 Å². The van der Waals surface area contributed by atoms with Gasteiger partial charge < -0.3 is 20.1 Å². The molecule has 4 rings (SSSR count). The molecular weight excluding hydrogens is 384 g/mol. The molecule has 1 heterocycles. The summed E-state index contributed by atoms with van der Waals surface area (Å²) in [5.74, 6) is -0.130. The zero-order valence-corrected chi connectivity index (χ0v) is 16.0. The zero-order chi connectivity index (χ0) is 21.3. The van der Waals surface area contributed by atoms with Crippen molar-refractivity contribution < 1.29 is 20.1 Å². The third-order valence-electron chi connectivity index (χ3n) is 4.68. The highest BCUT2D eigenvalue weighted by atomic mass is 16.5. The molecule has 0 aliphatic rings. The zero-order valence-electron chi connectivity index (χ0n) is 16.0. The molecule has 7 nitrogen and oxygen atoms in total. The molecule has 150 valence electrons. The maximum absolute atomic E-state index is 13.2. The fourth-order valence-corrected chi connectivity index (χ4v) is 3.23. The molecule has 0 saturated carbocycles. The lowest BCUT2D eigenvalue weighted by atomic mass is 10.1. The molecule has 0 saturated heterocycles. The van der Waals surface area contributed by atoms with Crippen molar-refractivity contribution in [1.29, 1.82) is 0 Å². The Kier molecular flexibility index (Phi) is 4.85. The van der Waals surface area contributed by atoms with Gasteiger partial charge in [-0.15, -0.1) is 0 Å². The van der Waals surface area contributed by atoms with Crippen LogP contribution in [0.25, 0.3) is 28.7 Å². The molecular formula is C23H18N2O5. The van der Waals surface area contributed by atoms with Gasteiger partial charge in [-0.1, -0.05) is 30.3 Å². The monoisotopic (exact) mass is 402 g/mol. The van der Waals surface area contributed by atoms with Crippen LogP contribution in [0.1, 0.15) is 11.4 Å². The van der Waals surface area contributed by atoms with Crippen molar-refractivity contribution in [3.63, 3.8) is 0 Å². The van der Waals surface area contributed by atoms with Gasteiger partial charge in [0, 0.05) is 5.56 Å². The second-order valence-electron chi connectivity index (χ2n) is 6.50. The van der Waals surface area contributed by atoms with Crippen molar-refractivity contribution in [3.8, 4) is 28.7 Å². The van der Waals surface area contributed by atoms with E-state index in [0.29, 0.717) is 22.2 Å². The van der Waals surface area contributed by atoms with Gasteiger partial charge in [0.05, 0.1) is 18.0 Å². The molecule has 0 amide bonds. The summed E-state index contributed by atoms with van der Waals surface area (Å²) in [7, 11) is 1.45. The van der Waals surface area contributed by atoms with Gasteiger partial charge in [0.15, 0.2) is 11.5 Å². The molecule has 30 heavy (non-hydrogen) atoms. The first-order valence-electron chi connectivity index (χ1n) is 9.08. The van der Waals surface area contributed by atoms with Crippen LogP contribution in [0, 0.1) is 0 Å². The van der Waals surface area contributed by atoms with E-state index in [2.05, 4.69) is 4.98 Å². The number of fused-ring (bicyclic) bond motifs is 1. The molecule has 0 aliphatic heterocycles. The number of ether oxygens (including phenoxy) is 1. The number of phenolic OH excluding ortho intramolecular Hbond substituents is 3. The van der Waals surface area contributed by atoms with Crippen molar-refractivity contribution >= 4 is 23.1 Å². The van der Waals surface area contributed by atoms with E-state index in [0.717, 1.165) is 4.57 Å². The first-order valence-corrected chi connectivity index (χ1v) is 9.08. The molecule has 3 aromatic carbocycles. The second kappa shape index (κ2) is 7.63. The van der Waals surface area contributed by atoms with E-state index in [1.54, 1.807) is 48.5 Å². The number of para-hydroxylation sites is 3. The summed E-state index contributed by atoms with van der Waals surface area (Å²) in [6.45, 7) is 0. The van der Waals surface area contributed by atoms with Gasteiger partial charge in [0.1, 0.15) is 23.0 Å². The van der Waals surface area contributed by atoms with E-state index >= 15 is 0 Å². The predicted molar refractivity (Wildman–Crippen MR) is 114 cm³/mol. The number of rotatable bonds is 4. The maximum Gasteiger partial charge on any atom is 0.266 e. The van der Waals surface area contributed by atoms with Crippen LogP contribution < -0.4 is 10.3 Å². The number of aromatic hydroxyl groups is 3. The highest BCUT2D eigenvalue weighted by Crippen LogP contribution is 2.33. The molecule has 0 atom stereocenters. The lowest BCUT2D eigenvalue weighted by Gasteiger charge is -2.14. The minimum atomic E-state index is -0.452. The Morgan fingerprint density at radius 2 is 1.60 bits per heavy atom. The Balaban J connectivity index is 1.99. The quantitative estimate of drug-likeness (QED) is 0.481. The summed E-state index contributed by atoms with van der Waals surface area (Å²) in [4.78, 5) is 17.8. The lowest BCUT2D eigenvalue weighted by molar-refractivity contribution is 0.373. The van der Waals surface area contributed by atoms with E-state index in [1.165, 1.54) is 31.4 Å². The van der Waals surface area contributed by atoms with Crippen LogP contribution in [0.5, 0.6) is 23.0 Å². The Morgan fingerprint density at radius 1 is 0.900 bits per heavy atom. The average molecular weight is 402 g/mol. The molecule has 7 heteroatoms. The summed E-state index contributed by atoms with van der Waals surface area (Å²) < 4.78 is 6.26. The first kappa shape index (κ1) is 19.1. The highest BCUT2D eigenvalue weighted by molar-refractivity contribution is 5.81. The molecule has 3 N–H and O–H groups in total. The summed E-state index contributed by atoms with van der Waals surface area (Å²) in [5.41, 5.74) is 0.384. The normalized spacial score (nSPS) is 11.2. The number of nitrogens with zero attached hydrogens (tertiary/aromatic N) is 2. The number of benzene rings is 3. The van der Waals surface area contributed by atoms with Gasteiger partial charge >= 0.3 is 0 Å². The number of phenols is 3. The largest absolute Gasteiger partial charge is 0.506 e. The average Bonchev–Trinajstić information content (AvgIpc) is 2.74. The van der Waals surface area contributed by atoms with E-state index in [4.69, 9.17) is 4.74 Å². The Morgan fingerprint density at radius 3 is 2.33 bits per heavy atom. The van der Waals surface area contributed by atoms with Crippen LogP contribution in [0.4, 0.5) is 0 Å². The van der Waals surface area contributed by atoms with Crippen LogP contribution in [-0.4, -0.2) is 32.0 Å². The highest BCUT2D eigenvalue weighted by Gasteiger charge is 2.17. The summed E-state index contributed by atoms with van der Waals surface area (Å²) in [5, 5.41) is 31.3. The van der Waals surface area contributed by atoms with Crippen molar-refractivity contribution in [2.75, 3.05) is 7.11 Å². The van der Waals surface area contributed by atoms with E-state index in [-0.39, 0.29) is 28.8 Å². The molecule has 0 unspecified atom stereocenters. The topological polar surface area (TPSA) is 105 Å². The van der Waals surface area contributed by atoms with E-state index < -0.39 is 5.56 Å². The fraction of sp³-hybridized carbons (Fsp3) is 0.0435. The standard InChI is InChI=1S/C23H18N2O5/c1-30-19-11-4-6-14(22(19)28)12-13-20-24-16-8-3-2-7-15(16)23(29)25(20)21-17(26)9-5-10-18(21)27/h2-13,26-28H,1H3/b13-12+. The SMILES string of the molecule is COc1cccc(/C=C/c2nc3ccccc3c(=O)n2-c2c(O)cccc2O)c1O. The molecule has 1 aromatic heterocycles. The molecule has 0 aliphatic carbocycles. The van der Waals surface area contributed by atoms with Crippen LogP contribution in [-0.2, 0) is 0 Å². The summed E-state index contributed by atoms with van der Waals surface area (Å²) in [6.07, 6.45) is 3.09. The van der Waals surface area contributed by atoms with Gasteiger partial charge in [0.2, 0.25) is 0 Å². The number of hydrogen-bond acceptors (Lipinski definition) is 6. The predicted octanol–water partition coefficient (Wildman–Crippen LogP) is 3.68. The minimum absolute atomic E-state index is 0.0589. The Bertz CT molecular complexity index is 1320. The van der Waals surface area contributed by atoms with Gasteiger partial charge in [-0.05, 0) is 42.5 Å². The van der Waals surface area contributed by atoms with Crippen LogP contribution >= 0.6 is 0 Å². The summed E-state index contributed by atoms with van der Waals surface area (Å²) >= 11 is 0. The van der Waals surface area contributed by atoms with Crippen molar-refractivity contribution in [2.45, 2.75) is 0 Å². The third-order valence-corrected chi connectivity index (χ3v) is 4.68. The Hall–Kier alpha value is -4.26. The van der Waals surface area contributed by atoms with Crippen LogP contribution in [0.3, 0.4) is 0 Å². The second-order valence-corrected chi connectivity index (χ2v) is 6.50. The van der Waals surface area contributed by atoms with Crippen molar-refractivity contribution in [2.24, 2.45) is 0 Å². The lowest BCUT2D eigenvalue weighted by Crippen LogP contribution is -2.22. The van der Waals surface area contributed by atoms with E-state index in [1.807, 2.05) is 0 Å². The van der Waals surface area contributed by atoms with Gasteiger partial charge in [0.25, 0.3) is 5.56 Å². The first-order chi connectivity index (χ1) is 14.5. The fourth-order valence-electron chi connectivity index (χ4n) is 3.23. The van der Waals surface area contributed by atoms with E-state index in [9.17, 15) is 20.1 Å². The third kappa shape index (κ3) is 3.22. The maximum atomic E-state index is 13.2. The van der Waals surface area contributed by atoms with Gasteiger partial charge in [-0.25, -0.2) is 4.98 Å². The van der Waals surface area contributed by atoms with Gasteiger partial charge in [-0.3, -0.25) is 9.36 Å². The van der Waals surface area contributed by atoms with Crippen molar-refractivity contribution in [3.05, 3.63) is 82.4 Å². The number of aromatic nitrogens is 2. The summed E-state index contributed by atoms with van der Waals surface area (Å²) in [6, 6.07) is 16.0. The number of hydrogen-bond donors (Lipinski definition) is 3. The number of methoxy groups -OCH3 is 1. The smallest absolute Gasteiger partial charge is 0.266 e. The molecule has 0 radical (unpaired) electrons. The van der Waals surface area contributed by atoms with Crippen molar-refractivity contribution in [1.82, 2.24) is 9.55 Å². The molecule has 0 bridgehead atoms. The van der Waals surface area contributed by atoms with Gasteiger partial charge in [-0.2, -0.15) is 0 Å². The van der Waals surface area contributed by atoms with Crippen LogP contribution in [0.2, 0.25) is 0 Å². The molecule has 0 spiro atoms. The molecule has 0 fully saturated rings.